The van der Waals surface area contributed by atoms with Crippen LogP contribution in [0.15, 0.2) is 36.5 Å². The Morgan fingerprint density at radius 2 is 2.10 bits per heavy atom. The van der Waals surface area contributed by atoms with E-state index < -0.39 is 10.0 Å². The van der Waals surface area contributed by atoms with Gasteiger partial charge in [0.1, 0.15) is 10.8 Å². The zero-order chi connectivity index (χ0) is 14.8. The third-order valence-corrected chi connectivity index (χ3v) is 4.14. The number of hydrogen-bond donors (Lipinski definition) is 2. The molecule has 0 amide bonds. The lowest BCUT2D eigenvalue weighted by Gasteiger charge is -2.10. The Morgan fingerprint density at radius 1 is 1.40 bits per heavy atom. The number of sulfonamides is 1. The Bertz CT molecular complexity index is 737. The fourth-order valence-electron chi connectivity index (χ4n) is 1.76. The predicted molar refractivity (Wildman–Crippen MR) is 81.8 cm³/mol. The van der Waals surface area contributed by atoms with E-state index in [2.05, 4.69) is 9.82 Å². The monoisotopic (exact) mass is 310 g/mol. The molecule has 0 fully saturated rings. The Kier molecular flexibility index (Phi) is 4.05. The van der Waals surface area contributed by atoms with Gasteiger partial charge in [0.15, 0.2) is 0 Å². The number of hydrogen-bond acceptors (Lipinski definition) is 4. The molecule has 0 aliphatic carbocycles. The first-order valence-electron chi connectivity index (χ1n) is 5.75. The van der Waals surface area contributed by atoms with Gasteiger partial charge in [-0.3, -0.25) is 9.40 Å². The first-order valence-corrected chi connectivity index (χ1v) is 7.81. The molecule has 1 aromatic carbocycles. The second-order valence-electron chi connectivity index (χ2n) is 4.22. The van der Waals surface area contributed by atoms with Gasteiger partial charge >= 0.3 is 0 Å². The van der Waals surface area contributed by atoms with Gasteiger partial charge in [-0.2, -0.15) is 5.10 Å². The van der Waals surface area contributed by atoms with Crippen LogP contribution in [0.2, 0.25) is 0 Å². The Labute approximate surface area is 122 Å². The third kappa shape index (κ3) is 3.34. The second-order valence-corrected chi connectivity index (χ2v) is 6.38. The summed E-state index contributed by atoms with van der Waals surface area (Å²) in [4.78, 5) is 0.177. The number of nitrogens with one attached hydrogen (secondary N) is 1. The summed E-state index contributed by atoms with van der Waals surface area (Å²) in [5.41, 5.74) is 6.73. The Hall–Kier alpha value is -1.93. The van der Waals surface area contributed by atoms with E-state index in [1.165, 1.54) is 10.9 Å². The molecule has 2 aromatic rings. The fraction of sp³-hybridized carbons (Fsp3) is 0.167. The van der Waals surface area contributed by atoms with Gasteiger partial charge in [0, 0.05) is 18.7 Å². The molecule has 8 heteroatoms. The zero-order valence-corrected chi connectivity index (χ0v) is 12.4. The summed E-state index contributed by atoms with van der Waals surface area (Å²) < 4.78 is 28.2. The number of benzene rings is 1. The standard InChI is InChI=1S/C12H14N4O2S2/c1-16-11(6-7-14-16)15-20(17,18)8-9-4-2-3-5-10(9)12(13)19/h2-7,15H,8H2,1H3,(H2,13,19). The highest BCUT2D eigenvalue weighted by atomic mass is 32.2. The third-order valence-electron chi connectivity index (χ3n) is 2.71. The van der Waals surface area contributed by atoms with Crippen LogP contribution < -0.4 is 10.5 Å². The van der Waals surface area contributed by atoms with E-state index in [1.54, 1.807) is 37.4 Å². The maximum absolute atomic E-state index is 12.2. The zero-order valence-electron chi connectivity index (χ0n) is 10.8. The summed E-state index contributed by atoms with van der Waals surface area (Å²) in [6, 6.07) is 8.49. The van der Waals surface area contributed by atoms with Crippen molar-refractivity contribution in [1.29, 1.82) is 0 Å². The number of anilines is 1. The molecule has 3 N–H and O–H groups in total. The van der Waals surface area contributed by atoms with E-state index in [0.29, 0.717) is 16.9 Å². The maximum Gasteiger partial charge on any atom is 0.238 e. The molecule has 0 spiro atoms. The van der Waals surface area contributed by atoms with Gasteiger partial charge in [-0.15, -0.1) is 0 Å². The van der Waals surface area contributed by atoms with E-state index >= 15 is 0 Å². The van der Waals surface area contributed by atoms with Crippen molar-refractivity contribution in [2.75, 3.05) is 4.72 Å². The van der Waals surface area contributed by atoms with Crippen molar-refractivity contribution in [2.45, 2.75) is 5.75 Å². The van der Waals surface area contributed by atoms with Crippen LogP contribution in [0.4, 0.5) is 5.82 Å². The van der Waals surface area contributed by atoms with Crippen LogP contribution in [0.1, 0.15) is 11.1 Å². The number of thiocarbonyl (C=S) groups is 1. The molecule has 0 bridgehead atoms. The lowest BCUT2D eigenvalue weighted by Crippen LogP contribution is -2.20. The average Bonchev–Trinajstić information content (AvgIpc) is 2.74. The summed E-state index contributed by atoms with van der Waals surface area (Å²) in [6.07, 6.45) is 1.51. The van der Waals surface area contributed by atoms with Crippen LogP contribution in [0.3, 0.4) is 0 Å². The first-order chi connectivity index (χ1) is 9.39. The highest BCUT2D eigenvalue weighted by molar-refractivity contribution is 7.91. The van der Waals surface area contributed by atoms with E-state index in [9.17, 15) is 8.42 Å². The van der Waals surface area contributed by atoms with E-state index in [1.807, 2.05) is 0 Å². The van der Waals surface area contributed by atoms with Crippen LogP contribution in [0.5, 0.6) is 0 Å². The molecule has 0 atom stereocenters. The van der Waals surface area contributed by atoms with Crippen LogP contribution in [0.25, 0.3) is 0 Å². The molecule has 20 heavy (non-hydrogen) atoms. The number of nitrogens with zero attached hydrogens (tertiary/aromatic N) is 2. The quantitative estimate of drug-likeness (QED) is 0.804. The van der Waals surface area contributed by atoms with Gasteiger partial charge in [-0.1, -0.05) is 36.5 Å². The molecule has 0 aliphatic rings. The maximum atomic E-state index is 12.2. The van der Waals surface area contributed by atoms with Crippen molar-refractivity contribution in [2.24, 2.45) is 12.8 Å². The minimum Gasteiger partial charge on any atom is -0.389 e. The van der Waals surface area contributed by atoms with Crippen LogP contribution in [-0.2, 0) is 22.8 Å². The van der Waals surface area contributed by atoms with Crippen molar-refractivity contribution in [1.82, 2.24) is 9.78 Å². The van der Waals surface area contributed by atoms with Crippen LogP contribution >= 0.6 is 12.2 Å². The van der Waals surface area contributed by atoms with Crippen molar-refractivity contribution >= 4 is 33.0 Å². The molecule has 0 saturated carbocycles. The van der Waals surface area contributed by atoms with Gasteiger partial charge < -0.3 is 5.73 Å². The normalized spacial score (nSPS) is 11.2. The van der Waals surface area contributed by atoms with Gasteiger partial charge in [0.25, 0.3) is 0 Å². The summed E-state index contributed by atoms with van der Waals surface area (Å²) in [5.74, 6) is 0.198. The highest BCUT2D eigenvalue weighted by Crippen LogP contribution is 2.15. The molecule has 2 rings (SSSR count). The second kappa shape index (κ2) is 5.59. The van der Waals surface area contributed by atoms with E-state index in [4.69, 9.17) is 18.0 Å². The molecule has 0 aliphatic heterocycles. The Morgan fingerprint density at radius 3 is 2.70 bits per heavy atom. The lowest BCUT2D eigenvalue weighted by molar-refractivity contribution is 0.599. The molecular weight excluding hydrogens is 296 g/mol. The highest BCUT2D eigenvalue weighted by Gasteiger charge is 2.16. The number of rotatable bonds is 5. The van der Waals surface area contributed by atoms with E-state index in [0.717, 1.165) is 0 Å². The minimum atomic E-state index is -3.56. The molecule has 6 nitrogen and oxygen atoms in total. The molecule has 1 aromatic heterocycles. The van der Waals surface area contributed by atoms with E-state index in [-0.39, 0.29) is 10.7 Å². The number of aromatic nitrogens is 2. The lowest BCUT2D eigenvalue weighted by atomic mass is 10.1. The first kappa shape index (κ1) is 14.5. The van der Waals surface area contributed by atoms with Gasteiger partial charge in [-0.05, 0) is 5.56 Å². The van der Waals surface area contributed by atoms with Crippen molar-refractivity contribution in [3.05, 3.63) is 47.7 Å². The average molecular weight is 310 g/mol. The summed E-state index contributed by atoms with van der Waals surface area (Å²) in [5, 5.41) is 3.90. The minimum absolute atomic E-state index is 0.177. The number of nitrogens with two attached hydrogens (primary N) is 1. The smallest absolute Gasteiger partial charge is 0.238 e. The van der Waals surface area contributed by atoms with Crippen molar-refractivity contribution in [3.63, 3.8) is 0 Å². The Balaban J connectivity index is 2.25. The summed E-state index contributed by atoms with van der Waals surface area (Å²) in [6.45, 7) is 0. The van der Waals surface area contributed by atoms with Crippen molar-refractivity contribution in [3.8, 4) is 0 Å². The fourth-order valence-corrected chi connectivity index (χ4v) is 3.21. The molecule has 0 radical (unpaired) electrons. The van der Waals surface area contributed by atoms with Crippen LogP contribution in [0, 0.1) is 0 Å². The molecular formula is C12H14N4O2S2. The van der Waals surface area contributed by atoms with Gasteiger partial charge in [0.05, 0.1) is 11.9 Å². The summed E-state index contributed by atoms with van der Waals surface area (Å²) >= 11 is 4.92. The topological polar surface area (TPSA) is 90.0 Å². The SMILES string of the molecule is Cn1nccc1NS(=O)(=O)Cc1ccccc1C(N)=S. The number of aryl methyl sites for hydroxylation is 1. The largest absolute Gasteiger partial charge is 0.389 e. The van der Waals surface area contributed by atoms with Gasteiger partial charge in [-0.25, -0.2) is 8.42 Å². The summed E-state index contributed by atoms with van der Waals surface area (Å²) in [7, 11) is -1.91. The predicted octanol–water partition coefficient (Wildman–Crippen LogP) is 0.996. The van der Waals surface area contributed by atoms with Crippen LogP contribution in [-0.4, -0.2) is 23.2 Å². The van der Waals surface area contributed by atoms with Crippen molar-refractivity contribution < 1.29 is 8.42 Å². The molecule has 1 heterocycles. The molecule has 0 saturated heterocycles. The molecule has 0 unspecified atom stereocenters. The molecule has 106 valence electrons. The van der Waals surface area contributed by atoms with Gasteiger partial charge in [0.2, 0.25) is 10.0 Å².